The molecular weight excluding hydrogens is 266 g/mol. The highest BCUT2D eigenvalue weighted by Crippen LogP contribution is 2.25. The van der Waals surface area contributed by atoms with E-state index in [0.29, 0.717) is 5.69 Å². The standard InChI is InChI=1S/C12H12BrN3/c1-8-2-4-10(5-3-8)16-12-11(13)6-9(14)7-15-12/h2-7H,14H2,1H3,(H,15,16). The van der Waals surface area contributed by atoms with E-state index in [1.807, 2.05) is 30.3 Å². The summed E-state index contributed by atoms with van der Waals surface area (Å²) in [6.45, 7) is 2.06. The van der Waals surface area contributed by atoms with Gasteiger partial charge in [-0.05, 0) is 41.1 Å². The fourth-order valence-electron chi connectivity index (χ4n) is 1.32. The Morgan fingerprint density at radius 3 is 2.56 bits per heavy atom. The highest BCUT2D eigenvalue weighted by molar-refractivity contribution is 9.10. The van der Waals surface area contributed by atoms with E-state index in [1.165, 1.54) is 5.56 Å². The Kier molecular flexibility index (Phi) is 3.10. The lowest BCUT2D eigenvalue weighted by atomic mass is 10.2. The van der Waals surface area contributed by atoms with Crippen molar-refractivity contribution in [1.82, 2.24) is 4.98 Å². The highest BCUT2D eigenvalue weighted by Gasteiger charge is 2.01. The quantitative estimate of drug-likeness (QED) is 0.884. The van der Waals surface area contributed by atoms with Crippen LogP contribution in [0.25, 0.3) is 0 Å². The molecule has 0 aliphatic carbocycles. The first-order valence-electron chi connectivity index (χ1n) is 4.90. The number of hydrogen-bond donors (Lipinski definition) is 2. The van der Waals surface area contributed by atoms with E-state index in [9.17, 15) is 0 Å². The van der Waals surface area contributed by atoms with Gasteiger partial charge in [0.05, 0.1) is 16.4 Å². The summed E-state index contributed by atoms with van der Waals surface area (Å²) in [6, 6.07) is 9.95. The molecule has 4 heteroatoms. The van der Waals surface area contributed by atoms with Crippen molar-refractivity contribution in [3.63, 3.8) is 0 Å². The molecule has 0 unspecified atom stereocenters. The molecule has 2 rings (SSSR count). The minimum atomic E-state index is 0.640. The Hall–Kier alpha value is -1.55. The summed E-state index contributed by atoms with van der Waals surface area (Å²) in [5.41, 5.74) is 8.50. The number of pyridine rings is 1. The molecule has 0 amide bonds. The molecule has 82 valence electrons. The van der Waals surface area contributed by atoms with Crippen LogP contribution in [0, 0.1) is 6.92 Å². The minimum Gasteiger partial charge on any atom is -0.397 e. The topological polar surface area (TPSA) is 50.9 Å². The number of halogens is 1. The maximum Gasteiger partial charge on any atom is 0.144 e. The third-order valence-corrected chi connectivity index (χ3v) is 2.78. The molecular formula is C12H12BrN3. The summed E-state index contributed by atoms with van der Waals surface area (Å²) in [4.78, 5) is 4.21. The normalized spacial score (nSPS) is 10.1. The van der Waals surface area contributed by atoms with Crippen molar-refractivity contribution in [3.8, 4) is 0 Å². The average Bonchev–Trinajstić information content (AvgIpc) is 2.25. The van der Waals surface area contributed by atoms with E-state index in [-0.39, 0.29) is 0 Å². The van der Waals surface area contributed by atoms with Crippen molar-refractivity contribution in [1.29, 1.82) is 0 Å². The Labute approximate surface area is 103 Å². The molecule has 0 aliphatic heterocycles. The summed E-state index contributed by atoms with van der Waals surface area (Å²) < 4.78 is 0.855. The second kappa shape index (κ2) is 4.53. The zero-order valence-electron chi connectivity index (χ0n) is 8.87. The van der Waals surface area contributed by atoms with Crippen LogP contribution in [0.3, 0.4) is 0 Å². The van der Waals surface area contributed by atoms with Crippen molar-refractivity contribution in [3.05, 3.63) is 46.6 Å². The van der Waals surface area contributed by atoms with E-state index < -0.39 is 0 Å². The van der Waals surface area contributed by atoms with Gasteiger partial charge in [-0.2, -0.15) is 0 Å². The molecule has 3 N–H and O–H groups in total. The van der Waals surface area contributed by atoms with Crippen LogP contribution in [0.4, 0.5) is 17.2 Å². The Morgan fingerprint density at radius 1 is 1.25 bits per heavy atom. The molecule has 1 aromatic carbocycles. The summed E-state index contributed by atoms with van der Waals surface area (Å²) in [5.74, 6) is 0.762. The average molecular weight is 278 g/mol. The largest absolute Gasteiger partial charge is 0.397 e. The number of nitrogens with zero attached hydrogens (tertiary/aromatic N) is 1. The molecule has 0 saturated heterocycles. The fraction of sp³-hybridized carbons (Fsp3) is 0.0833. The number of nitrogens with two attached hydrogens (primary N) is 1. The molecule has 2 aromatic rings. The first-order valence-corrected chi connectivity index (χ1v) is 5.69. The molecule has 0 fully saturated rings. The molecule has 0 spiro atoms. The summed E-state index contributed by atoms with van der Waals surface area (Å²) in [5, 5.41) is 3.21. The fourth-order valence-corrected chi connectivity index (χ4v) is 1.78. The highest BCUT2D eigenvalue weighted by atomic mass is 79.9. The number of hydrogen-bond acceptors (Lipinski definition) is 3. The first kappa shape index (κ1) is 11.0. The zero-order valence-corrected chi connectivity index (χ0v) is 10.5. The molecule has 0 bridgehead atoms. The lowest BCUT2D eigenvalue weighted by Gasteiger charge is -2.08. The number of anilines is 3. The van der Waals surface area contributed by atoms with Gasteiger partial charge in [0.1, 0.15) is 5.82 Å². The minimum absolute atomic E-state index is 0.640. The molecule has 0 saturated carbocycles. The second-order valence-electron chi connectivity index (χ2n) is 3.59. The molecule has 1 heterocycles. The van der Waals surface area contributed by atoms with Crippen LogP contribution in [0.15, 0.2) is 41.0 Å². The summed E-state index contributed by atoms with van der Waals surface area (Å²) in [6.07, 6.45) is 1.63. The van der Waals surface area contributed by atoms with E-state index in [0.717, 1.165) is 16.0 Å². The number of aromatic nitrogens is 1. The van der Waals surface area contributed by atoms with Gasteiger partial charge in [0.15, 0.2) is 0 Å². The third-order valence-electron chi connectivity index (χ3n) is 2.18. The summed E-state index contributed by atoms with van der Waals surface area (Å²) >= 11 is 3.41. The predicted octanol–water partition coefficient (Wildman–Crippen LogP) is 3.48. The maximum absolute atomic E-state index is 5.62. The van der Waals surface area contributed by atoms with Crippen molar-refractivity contribution < 1.29 is 0 Å². The Bertz CT molecular complexity index is 494. The van der Waals surface area contributed by atoms with Crippen LogP contribution in [-0.4, -0.2) is 4.98 Å². The van der Waals surface area contributed by atoms with Crippen LogP contribution in [0.2, 0.25) is 0 Å². The monoisotopic (exact) mass is 277 g/mol. The van der Waals surface area contributed by atoms with Gasteiger partial charge in [0.25, 0.3) is 0 Å². The van der Waals surface area contributed by atoms with Crippen LogP contribution in [0.1, 0.15) is 5.56 Å². The van der Waals surface area contributed by atoms with Gasteiger partial charge in [0.2, 0.25) is 0 Å². The maximum atomic E-state index is 5.62. The number of rotatable bonds is 2. The van der Waals surface area contributed by atoms with Crippen LogP contribution in [-0.2, 0) is 0 Å². The van der Waals surface area contributed by atoms with Gasteiger partial charge >= 0.3 is 0 Å². The molecule has 0 radical (unpaired) electrons. The Morgan fingerprint density at radius 2 is 1.94 bits per heavy atom. The number of benzene rings is 1. The van der Waals surface area contributed by atoms with E-state index in [4.69, 9.17) is 5.73 Å². The van der Waals surface area contributed by atoms with Crippen molar-refractivity contribution in [2.45, 2.75) is 6.92 Å². The van der Waals surface area contributed by atoms with E-state index in [2.05, 4.69) is 33.2 Å². The van der Waals surface area contributed by atoms with E-state index >= 15 is 0 Å². The Balaban J connectivity index is 2.23. The molecule has 16 heavy (non-hydrogen) atoms. The van der Waals surface area contributed by atoms with Gasteiger partial charge in [-0.1, -0.05) is 17.7 Å². The molecule has 0 aliphatic rings. The molecule has 3 nitrogen and oxygen atoms in total. The number of nitrogen functional groups attached to an aromatic ring is 1. The van der Waals surface area contributed by atoms with E-state index in [1.54, 1.807) is 6.20 Å². The smallest absolute Gasteiger partial charge is 0.144 e. The van der Waals surface area contributed by atoms with Gasteiger partial charge in [0, 0.05) is 5.69 Å². The van der Waals surface area contributed by atoms with Crippen LogP contribution in [0.5, 0.6) is 0 Å². The van der Waals surface area contributed by atoms with Crippen molar-refractivity contribution in [2.75, 3.05) is 11.1 Å². The zero-order chi connectivity index (χ0) is 11.5. The van der Waals surface area contributed by atoms with Crippen molar-refractivity contribution >= 4 is 33.1 Å². The first-order chi connectivity index (χ1) is 7.65. The molecule has 1 aromatic heterocycles. The van der Waals surface area contributed by atoms with Gasteiger partial charge in [-0.25, -0.2) is 4.98 Å². The lowest BCUT2D eigenvalue weighted by Crippen LogP contribution is -1.96. The van der Waals surface area contributed by atoms with Gasteiger partial charge in [-0.3, -0.25) is 0 Å². The number of nitrogens with one attached hydrogen (secondary N) is 1. The molecule has 0 atom stereocenters. The number of aryl methyl sites for hydroxylation is 1. The predicted molar refractivity (Wildman–Crippen MR) is 70.8 cm³/mol. The van der Waals surface area contributed by atoms with Gasteiger partial charge < -0.3 is 11.1 Å². The summed E-state index contributed by atoms with van der Waals surface area (Å²) in [7, 11) is 0. The second-order valence-corrected chi connectivity index (χ2v) is 4.44. The van der Waals surface area contributed by atoms with Crippen LogP contribution >= 0.6 is 15.9 Å². The van der Waals surface area contributed by atoms with Gasteiger partial charge in [-0.15, -0.1) is 0 Å². The SMILES string of the molecule is Cc1ccc(Nc2ncc(N)cc2Br)cc1. The third kappa shape index (κ3) is 2.52. The van der Waals surface area contributed by atoms with Crippen LogP contribution < -0.4 is 11.1 Å². The lowest BCUT2D eigenvalue weighted by molar-refractivity contribution is 1.29. The van der Waals surface area contributed by atoms with Crippen molar-refractivity contribution in [2.24, 2.45) is 0 Å².